The van der Waals surface area contributed by atoms with E-state index in [0.29, 0.717) is 38.3 Å². The fourth-order valence-corrected chi connectivity index (χ4v) is 3.89. The number of hydrogen-bond acceptors (Lipinski definition) is 4. The number of carbonyl (C=O) groups excluding carboxylic acids is 2. The maximum absolute atomic E-state index is 12.9. The van der Waals surface area contributed by atoms with E-state index in [2.05, 4.69) is 15.6 Å². The van der Waals surface area contributed by atoms with Crippen molar-refractivity contribution < 1.29 is 22.8 Å². The predicted molar refractivity (Wildman–Crippen MR) is 120 cm³/mol. The fraction of sp³-hybridized carbons (Fsp3) is 0.409. The van der Waals surface area contributed by atoms with E-state index in [0.717, 1.165) is 17.8 Å². The van der Waals surface area contributed by atoms with E-state index in [1.807, 2.05) is 13.0 Å². The number of urea groups is 1. The van der Waals surface area contributed by atoms with Crippen LogP contribution in [-0.4, -0.2) is 48.0 Å². The molecule has 1 aliphatic rings. The SMILES string of the molecule is CC(=O)Nc1cccc(C(C)NC(=O)N2CCCN(c3ncc(C(F)(F)F)cc3Cl)CC2)c1. The van der Waals surface area contributed by atoms with E-state index in [1.54, 1.807) is 28.0 Å². The molecule has 2 heterocycles. The Bertz CT molecular complexity index is 1020. The third-order valence-corrected chi connectivity index (χ3v) is 5.56. The van der Waals surface area contributed by atoms with Gasteiger partial charge in [0.1, 0.15) is 5.82 Å². The number of benzene rings is 1. The molecule has 0 radical (unpaired) electrons. The quantitative estimate of drug-likeness (QED) is 0.661. The lowest BCUT2D eigenvalue weighted by molar-refractivity contribution is -0.137. The molecule has 0 aliphatic carbocycles. The molecule has 0 saturated carbocycles. The monoisotopic (exact) mass is 483 g/mol. The first-order valence-electron chi connectivity index (χ1n) is 10.5. The topological polar surface area (TPSA) is 77.6 Å². The normalized spacial score (nSPS) is 15.6. The minimum atomic E-state index is -4.51. The number of anilines is 2. The molecular formula is C22H25ClF3N5O2. The molecule has 33 heavy (non-hydrogen) atoms. The van der Waals surface area contributed by atoms with E-state index in [9.17, 15) is 22.8 Å². The van der Waals surface area contributed by atoms with Crippen molar-refractivity contribution in [3.8, 4) is 0 Å². The van der Waals surface area contributed by atoms with Crippen molar-refractivity contribution in [3.63, 3.8) is 0 Å². The Hall–Kier alpha value is -3.01. The molecule has 1 aliphatic heterocycles. The molecule has 0 bridgehead atoms. The number of pyridine rings is 1. The molecule has 7 nitrogen and oxygen atoms in total. The smallest absolute Gasteiger partial charge is 0.354 e. The van der Waals surface area contributed by atoms with Crippen molar-refractivity contribution >= 4 is 35.0 Å². The van der Waals surface area contributed by atoms with Crippen LogP contribution < -0.4 is 15.5 Å². The van der Waals surface area contributed by atoms with E-state index < -0.39 is 11.7 Å². The van der Waals surface area contributed by atoms with E-state index in [1.165, 1.54) is 6.92 Å². The fourth-order valence-electron chi connectivity index (χ4n) is 3.60. The minimum absolute atomic E-state index is 0.0737. The summed E-state index contributed by atoms with van der Waals surface area (Å²) in [6.45, 7) is 5.02. The number of halogens is 4. The van der Waals surface area contributed by atoms with Crippen LogP contribution in [0.4, 0.5) is 29.5 Å². The first-order chi connectivity index (χ1) is 15.5. The van der Waals surface area contributed by atoms with Gasteiger partial charge in [0.2, 0.25) is 5.91 Å². The van der Waals surface area contributed by atoms with Crippen LogP contribution in [-0.2, 0) is 11.0 Å². The first-order valence-corrected chi connectivity index (χ1v) is 10.8. The summed E-state index contributed by atoms with van der Waals surface area (Å²) in [5.74, 6) is 0.0932. The Morgan fingerprint density at radius 1 is 1.15 bits per heavy atom. The number of alkyl halides is 3. The maximum atomic E-state index is 12.9. The Labute approximate surface area is 194 Å². The van der Waals surface area contributed by atoms with Crippen LogP contribution in [0.25, 0.3) is 0 Å². The highest BCUT2D eigenvalue weighted by Crippen LogP contribution is 2.33. The number of hydrogen-bond donors (Lipinski definition) is 2. The molecule has 178 valence electrons. The highest BCUT2D eigenvalue weighted by atomic mass is 35.5. The van der Waals surface area contributed by atoms with Gasteiger partial charge in [0.25, 0.3) is 0 Å². The van der Waals surface area contributed by atoms with E-state index in [-0.39, 0.29) is 28.8 Å². The van der Waals surface area contributed by atoms with Crippen molar-refractivity contribution in [1.82, 2.24) is 15.2 Å². The Morgan fingerprint density at radius 3 is 2.58 bits per heavy atom. The average molecular weight is 484 g/mol. The summed E-state index contributed by atoms with van der Waals surface area (Å²) in [5.41, 5.74) is 0.586. The summed E-state index contributed by atoms with van der Waals surface area (Å²) < 4.78 is 38.6. The van der Waals surface area contributed by atoms with Crippen LogP contribution in [0.15, 0.2) is 36.5 Å². The van der Waals surface area contributed by atoms with Crippen LogP contribution in [0, 0.1) is 0 Å². The molecule has 2 N–H and O–H groups in total. The highest BCUT2D eigenvalue weighted by molar-refractivity contribution is 6.33. The molecule has 11 heteroatoms. The zero-order chi connectivity index (χ0) is 24.2. The molecule has 1 saturated heterocycles. The molecule has 0 spiro atoms. The number of nitrogens with one attached hydrogen (secondary N) is 2. The average Bonchev–Trinajstić information content (AvgIpc) is 2.99. The zero-order valence-electron chi connectivity index (χ0n) is 18.2. The second-order valence-corrected chi connectivity index (χ2v) is 8.24. The Balaban J connectivity index is 1.61. The van der Waals surface area contributed by atoms with Gasteiger partial charge in [-0.05, 0) is 37.1 Å². The molecular weight excluding hydrogens is 459 g/mol. The second kappa shape index (κ2) is 10.3. The zero-order valence-corrected chi connectivity index (χ0v) is 19.0. The van der Waals surface area contributed by atoms with Crippen LogP contribution >= 0.6 is 11.6 Å². The second-order valence-electron chi connectivity index (χ2n) is 7.83. The number of aromatic nitrogens is 1. The van der Waals surface area contributed by atoms with Crippen molar-refractivity contribution in [3.05, 3.63) is 52.7 Å². The van der Waals surface area contributed by atoms with Crippen molar-refractivity contribution in [2.24, 2.45) is 0 Å². The summed E-state index contributed by atoms with van der Waals surface area (Å²) in [6, 6.07) is 7.55. The van der Waals surface area contributed by atoms with Gasteiger partial charge in [-0.15, -0.1) is 0 Å². The lowest BCUT2D eigenvalue weighted by Gasteiger charge is -2.25. The highest BCUT2D eigenvalue weighted by Gasteiger charge is 2.32. The van der Waals surface area contributed by atoms with Crippen LogP contribution in [0.3, 0.4) is 0 Å². The summed E-state index contributed by atoms with van der Waals surface area (Å²) >= 11 is 6.08. The lowest BCUT2D eigenvalue weighted by Crippen LogP contribution is -2.43. The third kappa shape index (κ3) is 6.50. The van der Waals surface area contributed by atoms with Gasteiger partial charge in [-0.2, -0.15) is 13.2 Å². The third-order valence-electron chi connectivity index (χ3n) is 5.28. The molecule has 2 aromatic rings. The van der Waals surface area contributed by atoms with Crippen molar-refractivity contribution in [1.29, 1.82) is 0 Å². The molecule has 3 amide bonds. The Morgan fingerprint density at radius 2 is 1.91 bits per heavy atom. The lowest BCUT2D eigenvalue weighted by atomic mass is 10.1. The van der Waals surface area contributed by atoms with Crippen molar-refractivity contribution in [2.75, 3.05) is 36.4 Å². The van der Waals surface area contributed by atoms with Gasteiger partial charge >= 0.3 is 12.2 Å². The summed E-state index contributed by atoms with van der Waals surface area (Å²) in [6.07, 6.45) is -3.13. The molecule has 1 fully saturated rings. The van der Waals surface area contributed by atoms with E-state index in [4.69, 9.17) is 11.6 Å². The largest absolute Gasteiger partial charge is 0.417 e. The standard InChI is InChI=1S/C22H25ClF3N5O2/c1-14(16-5-3-6-18(11-16)29-15(2)32)28-21(33)31-8-4-7-30(9-10-31)20-19(23)12-17(13-27-20)22(24,25)26/h3,5-6,11-14H,4,7-10H2,1-2H3,(H,28,33)(H,29,32). The van der Waals surface area contributed by atoms with Gasteiger partial charge in [0.15, 0.2) is 0 Å². The van der Waals surface area contributed by atoms with Gasteiger partial charge in [-0.1, -0.05) is 23.7 Å². The summed E-state index contributed by atoms with van der Waals surface area (Å²) in [4.78, 5) is 31.5. The van der Waals surface area contributed by atoms with Crippen molar-refractivity contribution in [2.45, 2.75) is 32.5 Å². The predicted octanol–water partition coefficient (Wildman–Crippen LogP) is 4.70. The van der Waals surface area contributed by atoms with Gasteiger partial charge in [-0.25, -0.2) is 9.78 Å². The summed E-state index contributed by atoms with van der Waals surface area (Å²) in [7, 11) is 0. The van der Waals surface area contributed by atoms with Gasteiger partial charge in [0, 0.05) is 45.0 Å². The van der Waals surface area contributed by atoms with Gasteiger partial charge in [-0.3, -0.25) is 4.79 Å². The first kappa shape index (κ1) is 24.6. The number of rotatable bonds is 4. The van der Waals surface area contributed by atoms with Gasteiger partial charge < -0.3 is 20.4 Å². The Kier molecular flexibility index (Phi) is 7.68. The van der Waals surface area contributed by atoms with Crippen LogP contribution in [0.5, 0.6) is 0 Å². The number of amides is 3. The van der Waals surface area contributed by atoms with Gasteiger partial charge in [0.05, 0.1) is 16.6 Å². The minimum Gasteiger partial charge on any atom is -0.354 e. The molecule has 1 atom stereocenters. The molecule has 1 aromatic heterocycles. The molecule has 3 rings (SSSR count). The maximum Gasteiger partial charge on any atom is 0.417 e. The van der Waals surface area contributed by atoms with Crippen LogP contribution in [0.2, 0.25) is 5.02 Å². The van der Waals surface area contributed by atoms with E-state index >= 15 is 0 Å². The summed E-state index contributed by atoms with van der Waals surface area (Å²) in [5, 5.41) is 5.59. The number of nitrogens with zero attached hydrogens (tertiary/aromatic N) is 3. The molecule has 1 unspecified atom stereocenters. The number of carbonyl (C=O) groups is 2. The molecule has 1 aromatic carbocycles. The van der Waals surface area contributed by atoms with Crippen LogP contribution in [0.1, 0.15) is 37.4 Å².